The summed E-state index contributed by atoms with van der Waals surface area (Å²) in [4.78, 5) is 46.7. The number of aromatic nitrogens is 1. The molecule has 0 aliphatic carbocycles. The Morgan fingerprint density at radius 1 is 0.938 bits per heavy atom. The third kappa shape index (κ3) is 9.54. The van der Waals surface area contributed by atoms with Gasteiger partial charge in [-0.1, -0.05) is 63.2 Å². The zero-order chi connectivity index (χ0) is 35.2. The second-order valence-electron chi connectivity index (χ2n) is 14.6. The topological polar surface area (TPSA) is 98.3 Å². The van der Waals surface area contributed by atoms with Gasteiger partial charge in [-0.25, -0.2) is 9.59 Å². The largest absolute Gasteiger partial charge is 0.465 e. The molecule has 1 aromatic heterocycles. The number of pyridine rings is 1. The highest BCUT2D eigenvalue weighted by Crippen LogP contribution is 2.40. The zero-order valence-corrected chi connectivity index (χ0v) is 30.8. The number of hydrogen-bond donors (Lipinski definition) is 0. The van der Waals surface area contributed by atoms with Gasteiger partial charge in [0.05, 0.1) is 24.8 Å². The second kappa shape index (κ2) is 15.5. The molecule has 1 saturated heterocycles. The molecule has 0 saturated carbocycles. The quantitative estimate of drug-likeness (QED) is 0.161. The maximum absolute atomic E-state index is 13.9. The van der Waals surface area contributed by atoms with Crippen LogP contribution in [-0.2, 0) is 26.9 Å². The predicted octanol–water partition coefficient (Wildman–Crippen LogP) is 7.63. The molecule has 0 N–H and O–H groups in total. The first-order valence-corrected chi connectivity index (χ1v) is 18.4. The molecule has 1 aliphatic rings. The maximum Gasteiger partial charge on any atom is 0.410 e. The lowest BCUT2D eigenvalue weighted by Gasteiger charge is -2.39. The van der Waals surface area contributed by atoms with Crippen molar-refractivity contribution in [1.82, 2.24) is 14.8 Å². The van der Waals surface area contributed by atoms with Crippen LogP contribution in [0.5, 0.6) is 0 Å². The Hall–Kier alpha value is -4.02. The molecular weight excluding hydrogens is 623 g/mol. The van der Waals surface area contributed by atoms with Crippen molar-refractivity contribution in [3.63, 3.8) is 0 Å². The summed E-state index contributed by atoms with van der Waals surface area (Å²) >= 11 is 0. The molecule has 2 aromatic carbocycles. The third-order valence-corrected chi connectivity index (χ3v) is 11.4. The lowest BCUT2D eigenvalue weighted by atomic mass is 10.0. The number of amides is 2. The SMILES string of the molecule is COC(=O)c1cncc(CN(C)C(=O)c2ccc(C[C@@H]3CC[C@H]([C@H](O[Si](C)C(C)(C)C)c4ccccc4)N3C(=O)OC(C)(C)C)cc2)c1. The van der Waals surface area contributed by atoms with Gasteiger partial charge in [0.25, 0.3) is 5.91 Å². The Labute approximate surface area is 287 Å². The number of rotatable bonds is 10. The van der Waals surface area contributed by atoms with E-state index in [-0.39, 0.29) is 41.8 Å². The van der Waals surface area contributed by atoms with Gasteiger partial charge in [-0.3, -0.25) is 14.7 Å². The van der Waals surface area contributed by atoms with Gasteiger partial charge in [-0.15, -0.1) is 0 Å². The van der Waals surface area contributed by atoms with Crippen LogP contribution in [0.25, 0.3) is 0 Å². The standard InChI is InChI=1S/C38H50N3O6Si/c1-37(2,3)46-36(44)41-31(19-20-32(41)33(28-13-11-10-12-14-28)47-48(9)38(4,5)6)22-26-15-17-29(18-16-26)34(42)40(7)25-27-21-30(24-39-23-27)35(43)45-8/h10-18,21,23-24,31-33H,19-20,22,25H2,1-9H3/t31-,32+,33+/m0/s1. The molecule has 0 bridgehead atoms. The molecule has 0 unspecified atom stereocenters. The molecule has 0 spiro atoms. The van der Waals surface area contributed by atoms with Crippen LogP contribution >= 0.6 is 0 Å². The fourth-order valence-corrected chi connectivity index (χ4v) is 6.84. The monoisotopic (exact) mass is 672 g/mol. The summed E-state index contributed by atoms with van der Waals surface area (Å²) < 4.78 is 17.7. The molecule has 1 radical (unpaired) electrons. The van der Waals surface area contributed by atoms with Crippen LogP contribution < -0.4 is 0 Å². The van der Waals surface area contributed by atoms with Crippen LogP contribution in [-0.4, -0.2) is 73.6 Å². The van der Waals surface area contributed by atoms with E-state index in [1.807, 2.05) is 68.1 Å². The number of benzene rings is 2. The lowest BCUT2D eigenvalue weighted by molar-refractivity contribution is -0.00135. The van der Waals surface area contributed by atoms with E-state index in [0.717, 1.165) is 29.5 Å². The number of hydrogen-bond acceptors (Lipinski definition) is 7. The molecule has 4 rings (SSSR count). The summed E-state index contributed by atoms with van der Waals surface area (Å²) in [5.41, 5.74) is 3.04. The van der Waals surface area contributed by atoms with Gasteiger partial charge in [-0.05, 0) is 86.5 Å². The summed E-state index contributed by atoms with van der Waals surface area (Å²) in [6.07, 6.45) is 4.67. The lowest BCUT2D eigenvalue weighted by Crippen LogP contribution is -2.48. The summed E-state index contributed by atoms with van der Waals surface area (Å²) in [5.74, 6) is -0.628. The molecule has 2 heterocycles. The number of carbonyl (C=O) groups is 3. The minimum Gasteiger partial charge on any atom is -0.465 e. The molecule has 9 nitrogen and oxygen atoms in total. The van der Waals surface area contributed by atoms with Crippen LogP contribution in [0.4, 0.5) is 4.79 Å². The number of carbonyl (C=O) groups excluding carboxylic acids is 3. The number of esters is 1. The summed E-state index contributed by atoms with van der Waals surface area (Å²) in [7, 11) is 1.80. The fourth-order valence-electron chi connectivity index (χ4n) is 5.81. The number of nitrogens with zero attached hydrogens (tertiary/aromatic N) is 3. The van der Waals surface area contributed by atoms with E-state index in [1.165, 1.54) is 13.3 Å². The van der Waals surface area contributed by atoms with Gasteiger partial charge in [0, 0.05) is 37.6 Å². The summed E-state index contributed by atoms with van der Waals surface area (Å²) in [6, 6.07) is 19.2. The Morgan fingerprint density at radius 2 is 1.60 bits per heavy atom. The molecule has 1 fully saturated rings. The highest BCUT2D eigenvalue weighted by Gasteiger charge is 2.45. The van der Waals surface area contributed by atoms with Gasteiger partial charge in [-0.2, -0.15) is 0 Å². The average molecular weight is 673 g/mol. The molecule has 2 amide bonds. The molecule has 1 aliphatic heterocycles. The van der Waals surface area contributed by atoms with Gasteiger partial charge in [0.15, 0.2) is 0 Å². The third-order valence-electron chi connectivity index (χ3n) is 8.64. The van der Waals surface area contributed by atoms with Crippen molar-refractivity contribution in [2.45, 2.75) is 103 Å². The number of methoxy groups -OCH3 is 1. The highest BCUT2D eigenvalue weighted by atomic mass is 28.3. The second-order valence-corrected chi connectivity index (χ2v) is 17.4. The first-order chi connectivity index (χ1) is 22.6. The van der Waals surface area contributed by atoms with Crippen molar-refractivity contribution >= 4 is 27.0 Å². The van der Waals surface area contributed by atoms with Crippen LogP contribution in [0.1, 0.15) is 97.9 Å². The van der Waals surface area contributed by atoms with Gasteiger partial charge in [0.2, 0.25) is 9.04 Å². The molecule has 257 valence electrons. The smallest absolute Gasteiger partial charge is 0.410 e. The molecule has 48 heavy (non-hydrogen) atoms. The van der Waals surface area contributed by atoms with E-state index in [1.54, 1.807) is 24.2 Å². The number of likely N-dealkylation sites (tertiary alicyclic amines) is 1. The van der Waals surface area contributed by atoms with Crippen molar-refractivity contribution in [3.05, 3.63) is 101 Å². The fraction of sp³-hybridized carbons (Fsp3) is 0.474. The highest BCUT2D eigenvalue weighted by molar-refractivity contribution is 6.53. The van der Waals surface area contributed by atoms with Gasteiger partial charge in [0.1, 0.15) is 5.60 Å². The van der Waals surface area contributed by atoms with E-state index in [0.29, 0.717) is 17.5 Å². The van der Waals surface area contributed by atoms with Gasteiger partial charge >= 0.3 is 12.1 Å². The van der Waals surface area contributed by atoms with E-state index >= 15 is 0 Å². The predicted molar refractivity (Wildman–Crippen MR) is 188 cm³/mol. The first-order valence-electron chi connectivity index (χ1n) is 16.5. The van der Waals surface area contributed by atoms with Crippen molar-refractivity contribution in [1.29, 1.82) is 0 Å². The number of ether oxygens (including phenoxy) is 2. The molecule has 3 atom stereocenters. The van der Waals surface area contributed by atoms with Crippen molar-refractivity contribution in [2.24, 2.45) is 0 Å². The van der Waals surface area contributed by atoms with Crippen molar-refractivity contribution in [2.75, 3.05) is 14.2 Å². The van der Waals surface area contributed by atoms with Crippen LogP contribution in [0.3, 0.4) is 0 Å². The first kappa shape index (κ1) is 36.8. The summed E-state index contributed by atoms with van der Waals surface area (Å²) in [6.45, 7) is 14.8. The van der Waals surface area contributed by atoms with E-state index in [9.17, 15) is 14.4 Å². The van der Waals surface area contributed by atoms with E-state index in [2.05, 4.69) is 44.4 Å². The summed E-state index contributed by atoms with van der Waals surface area (Å²) in [5, 5.41) is 0.0175. The Balaban J connectivity index is 1.54. The Bertz CT molecular complexity index is 1550. The van der Waals surface area contributed by atoms with Crippen molar-refractivity contribution < 1.29 is 28.3 Å². The Morgan fingerprint density at radius 3 is 2.21 bits per heavy atom. The normalized spacial score (nSPS) is 17.2. The Kier molecular flexibility index (Phi) is 11.9. The maximum atomic E-state index is 13.9. The average Bonchev–Trinajstić information content (AvgIpc) is 3.45. The van der Waals surface area contributed by atoms with Crippen LogP contribution in [0.15, 0.2) is 73.1 Å². The molecule has 10 heteroatoms. The van der Waals surface area contributed by atoms with Crippen LogP contribution in [0, 0.1) is 0 Å². The van der Waals surface area contributed by atoms with Gasteiger partial charge < -0.3 is 18.8 Å². The minimum atomic E-state index is -1.23. The zero-order valence-electron chi connectivity index (χ0n) is 29.8. The van der Waals surface area contributed by atoms with Crippen molar-refractivity contribution in [3.8, 4) is 0 Å². The van der Waals surface area contributed by atoms with E-state index < -0.39 is 20.6 Å². The molecular formula is C38H50N3O6Si. The minimum absolute atomic E-state index is 0.0175. The van der Waals surface area contributed by atoms with E-state index in [4.69, 9.17) is 13.9 Å². The molecule has 3 aromatic rings. The van der Waals surface area contributed by atoms with Crippen LogP contribution in [0.2, 0.25) is 11.6 Å².